The summed E-state index contributed by atoms with van der Waals surface area (Å²) < 4.78 is 0. The van der Waals surface area contributed by atoms with Gasteiger partial charge in [0.15, 0.2) is 0 Å². The molecule has 3 amide bonds. The Morgan fingerprint density at radius 3 is 2.72 bits per heavy atom. The molecule has 1 N–H and O–H groups in total. The van der Waals surface area contributed by atoms with Crippen LogP contribution >= 0.6 is 0 Å². The molecule has 0 bridgehead atoms. The van der Waals surface area contributed by atoms with Crippen LogP contribution in [0.1, 0.15) is 11.1 Å². The molecule has 1 saturated heterocycles. The molecule has 1 aliphatic rings. The second-order valence-corrected chi connectivity index (χ2v) is 4.05. The van der Waals surface area contributed by atoms with Gasteiger partial charge in [-0.25, -0.2) is 4.79 Å². The molecule has 4 heteroatoms. The summed E-state index contributed by atoms with van der Waals surface area (Å²) in [5.74, 6) is -0.317. The van der Waals surface area contributed by atoms with Gasteiger partial charge in [0.05, 0.1) is 0 Å². The Labute approximate surface area is 106 Å². The molecule has 18 heavy (non-hydrogen) atoms. The van der Waals surface area contributed by atoms with Crippen molar-refractivity contribution in [2.24, 2.45) is 0 Å². The molecule has 1 heterocycles. The zero-order valence-corrected chi connectivity index (χ0v) is 10.1. The highest BCUT2D eigenvalue weighted by Gasteiger charge is 2.32. The van der Waals surface area contributed by atoms with E-state index in [9.17, 15) is 9.59 Å². The van der Waals surface area contributed by atoms with Crippen LogP contribution in [-0.2, 0) is 4.79 Å². The van der Waals surface area contributed by atoms with Crippen molar-refractivity contribution >= 4 is 18.0 Å². The number of hydrogen-bond acceptors (Lipinski definition) is 2. The summed E-state index contributed by atoms with van der Waals surface area (Å²) in [6.45, 7) is 5.69. The van der Waals surface area contributed by atoms with Gasteiger partial charge in [-0.1, -0.05) is 30.3 Å². The molecular weight excluding hydrogens is 228 g/mol. The van der Waals surface area contributed by atoms with Crippen molar-refractivity contribution in [2.75, 3.05) is 6.54 Å². The molecule has 0 saturated carbocycles. The first kappa shape index (κ1) is 12.1. The number of urea groups is 1. The van der Waals surface area contributed by atoms with Crippen LogP contribution in [0.5, 0.6) is 0 Å². The molecule has 1 aromatic carbocycles. The number of aryl methyl sites for hydroxylation is 1. The third kappa shape index (κ3) is 2.18. The maximum absolute atomic E-state index is 11.9. The predicted octanol–water partition coefficient (Wildman–Crippen LogP) is 2.07. The maximum atomic E-state index is 11.9. The van der Waals surface area contributed by atoms with Crippen molar-refractivity contribution in [2.45, 2.75) is 6.92 Å². The SMILES string of the molecule is C=CCN1C(=O)N/C(=C/c2ccccc2C)C1=O. The Kier molecular flexibility index (Phi) is 3.28. The zero-order chi connectivity index (χ0) is 13.1. The summed E-state index contributed by atoms with van der Waals surface area (Å²) in [5.41, 5.74) is 2.27. The molecule has 1 aliphatic heterocycles. The van der Waals surface area contributed by atoms with Crippen molar-refractivity contribution in [3.63, 3.8) is 0 Å². The predicted molar refractivity (Wildman–Crippen MR) is 69.6 cm³/mol. The van der Waals surface area contributed by atoms with Crippen LogP contribution in [0.2, 0.25) is 0 Å². The third-order valence-corrected chi connectivity index (χ3v) is 2.76. The first-order valence-electron chi connectivity index (χ1n) is 5.64. The normalized spacial score (nSPS) is 17.2. The van der Waals surface area contributed by atoms with Gasteiger partial charge in [0, 0.05) is 6.54 Å². The van der Waals surface area contributed by atoms with E-state index < -0.39 is 6.03 Å². The molecule has 0 aliphatic carbocycles. The summed E-state index contributed by atoms with van der Waals surface area (Å²) in [6.07, 6.45) is 3.22. The maximum Gasteiger partial charge on any atom is 0.329 e. The molecule has 0 spiro atoms. The Morgan fingerprint density at radius 1 is 1.33 bits per heavy atom. The standard InChI is InChI=1S/C14H14N2O2/c1-3-8-16-13(17)12(15-14(16)18)9-11-7-5-4-6-10(11)2/h3-7,9H,1,8H2,2H3,(H,15,18)/b12-9+. The van der Waals surface area contributed by atoms with E-state index >= 15 is 0 Å². The van der Waals surface area contributed by atoms with Crippen LogP contribution in [0, 0.1) is 6.92 Å². The van der Waals surface area contributed by atoms with Crippen LogP contribution in [0.15, 0.2) is 42.6 Å². The fourth-order valence-corrected chi connectivity index (χ4v) is 1.77. The minimum absolute atomic E-state index is 0.218. The average molecular weight is 242 g/mol. The summed E-state index contributed by atoms with van der Waals surface area (Å²) >= 11 is 0. The first-order valence-corrected chi connectivity index (χ1v) is 5.64. The van der Waals surface area contributed by atoms with Crippen molar-refractivity contribution < 1.29 is 9.59 Å². The van der Waals surface area contributed by atoms with Gasteiger partial charge in [0.25, 0.3) is 5.91 Å². The fraction of sp³-hybridized carbons (Fsp3) is 0.143. The molecular formula is C14H14N2O2. The highest BCUT2D eigenvalue weighted by Crippen LogP contribution is 2.16. The summed E-state index contributed by atoms with van der Waals surface area (Å²) in [5, 5.41) is 2.57. The van der Waals surface area contributed by atoms with E-state index in [2.05, 4.69) is 11.9 Å². The Morgan fingerprint density at radius 2 is 2.06 bits per heavy atom. The third-order valence-electron chi connectivity index (χ3n) is 2.76. The molecule has 1 aromatic rings. The molecule has 92 valence electrons. The van der Waals surface area contributed by atoms with Crippen molar-refractivity contribution in [1.29, 1.82) is 0 Å². The van der Waals surface area contributed by atoms with E-state index in [0.717, 1.165) is 16.0 Å². The number of nitrogens with zero attached hydrogens (tertiary/aromatic N) is 1. The topological polar surface area (TPSA) is 49.4 Å². The highest BCUT2D eigenvalue weighted by molar-refractivity contribution is 6.14. The molecule has 0 unspecified atom stereocenters. The van der Waals surface area contributed by atoms with Gasteiger partial charge in [-0.3, -0.25) is 9.69 Å². The Hall–Kier alpha value is -2.36. The van der Waals surface area contributed by atoms with Gasteiger partial charge in [-0.05, 0) is 24.1 Å². The van der Waals surface area contributed by atoms with E-state index in [-0.39, 0.29) is 12.5 Å². The monoisotopic (exact) mass is 242 g/mol. The number of hydrogen-bond donors (Lipinski definition) is 1. The van der Waals surface area contributed by atoms with Crippen molar-refractivity contribution in [3.05, 3.63) is 53.7 Å². The van der Waals surface area contributed by atoms with Crippen LogP contribution in [-0.4, -0.2) is 23.4 Å². The smallest absolute Gasteiger partial charge is 0.303 e. The fourth-order valence-electron chi connectivity index (χ4n) is 1.77. The summed E-state index contributed by atoms with van der Waals surface area (Å²) in [7, 11) is 0. The number of amides is 3. The minimum Gasteiger partial charge on any atom is -0.303 e. The van der Waals surface area contributed by atoms with E-state index in [1.54, 1.807) is 6.08 Å². The highest BCUT2D eigenvalue weighted by atomic mass is 16.2. The minimum atomic E-state index is -0.403. The Bertz CT molecular complexity index is 546. The molecule has 0 aromatic heterocycles. The molecule has 1 fully saturated rings. The van der Waals surface area contributed by atoms with E-state index in [0.29, 0.717) is 5.70 Å². The Balaban J connectivity index is 2.31. The number of benzene rings is 1. The largest absolute Gasteiger partial charge is 0.329 e. The van der Waals surface area contributed by atoms with Gasteiger partial charge in [0.2, 0.25) is 0 Å². The average Bonchev–Trinajstić information content (AvgIpc) is 2.60. The van der Waals surface area contributed by atoms with Gasteiger partial charge in [-0.15, -0.1) is 6.58 Å². The van der Waals surface area contributed by atoms with Crippen LogP contribution in [0.4, 0.5) is 4.79 Å². The quantitative estimate of drug-likeness (QED) is 0.501. The second-order valence-electron chi connectivity index (χ2n) is 4.05. The van der Waals surface area contributed by atoms with Gasteiger partial charge in [-0.2, -0.15) is 0 Å². The lowest BCUT2D eigenvalue weighted by Gasteiger charge is -2.06. The lowest BCUT2D eigenvalue weighted by atomic mass is 10.1. The second kappa shape index (κ2) is 4.87. The molecule has 4 nitrogen and oxygen atoms in total. The molecule has 0 radical (unpaired) electrons. The summed E-state index contributed by atoms with van der Waals surface area (Å²) in [4.78, 5) is 24.6. The van der Waals surface area contributed by atoms with Gasteiger partial charge >= 0.3 is 6.03 Å². The zero-order valence-electron chi connectivity index (χ0n) is 10.1. The number of rotatable bonds is 3. The van der Waals surface area contributed by atoms with E-state index in [1.165, 1.54) is 6.08 Å². The van der Waals surface area contributed by atoms with Crippen LogP contribution < -0.4 is 5.32 Å². The van der Waals surface area contributed by atoms with Crippen molar-refractivity contribution in [3.8, 4) is 0 Å². The lowest BCUT2D eigenvalue weighted by molar-refractivity contribution is -0.122. The van der Waals surface area contributed by atoms with Gasteiger partial charge in [0.1, 0.15) is 5.70 Å². The van der Waals surface area contributed by atoms with Crippen LogP contribution in [0.25, 0.3) is 6.08 Å². The first-order chi connectivity index (χ1) is 8.63. The van der Waals surface area contributed by atoms with E-state index in [1.807, 2.05) is 31.2 Å². The number of nitrogens with one attached hydrogen (secondary N) is 1. The number of carbonyl (C=O) groups excluding carboxylic acids is 2. The lowest BCUT2D eigenvalue weighted by Crippen LogP contribution is -2.30. The van der Waals surface area contributed by atoms with Gasteiger partial charge < -0.3 is 5.32 Å². The number of imide groups is 1. The van der Waals surface area contributed by atoms with E-state index in [4.69, 9.17) is 0 Å². The molecule has 2 rings (SSSR count). The summed E-state index contributed by atoms with van der Waals surface area (Å²) in [6, 6.07) is 7.27. The van der Waals surface area contributed by atoms with Crippen LogP contribution in [0.3, 0.4) is 0 Å². The molecule has 0 atom stereocenters. The number of carbonyl (C=O) groups is 2. The van der Waals surface area contributed by atoms with Crippen molar-refractivity contribution in [1.82, 2.24) is 10.2 Å².